The molecule has 0 aliphatic heterocycles. The lowest BCUT2D eigenvalue weighted by molar-refractivity contribution is 0.0950. The van der Waals surface area contributed by atoms with Gasteiger partial charge >= 0.3 is 0 Å². The van der Waals surface area contributed by atoms with Crippen molar-refractivity contribution in [3.05, 3.63) is 51.8 Å². The molecule has 0 unspecified atom stereocenters. The van der Waals surface area contributed by atoms with Crippen molar-refractivity contribution in [2.24, 2.45) is 0 Å². The fraction of sp³-hybridized carbons (Fsp3) is 0.231. The van der Waals surface area contributed by atoms with Gasteiger partial charge in [-0.3, -0.25) is 9.48 Å². The van der Waals surface area contributed by atoms with Crippen molar-refractivity contribution in [2.75, 3.05) is 0 Å². The maximum atomic E-state index is 12.0. The average Bonchev–Trinajstić information content (AvgIpc) is 2.87. The minimum Gasteiger partial charge on any atom is -0.346 e. The third kappa shape index (κ3) is 3.28. The summed E-state index contributed by atoms with van der Waals surface area (Å²) in [5.41, 5.74) is 1.16. The first-order valence-electron chi connectivity index (χ1n) is 5.86. The van der Waals surface area contributed by atoms with Gasteiger partial charge in [-0.2, -0.15) is 5.10 Å². The largest absolute Gasteiger partial charge is 0.346 e. The Morgan fingerprint density at radius 3 is 2.84 bits per heavy atom. The number of nitrogens with zero attached hydrogens (tertiary/aromatic N) is 2. The van der Waals surface area contributed by atoms with Crippen molar-refractivity contribution in [2.45, 2.75) is 20.0 Å². The van der Waals surface area contributed by atoms with Gasteiger partial charge in [0.25, 0.3) is 5.91 Å². The number of nitrogens with one attached hydrogen (secondary N) is 1. The molecule has 1 aromatic carbocycles. The predicted molar refractivity (Wildman–Crippen MR) is 75.5 cm³/mol. The van der Waals surface area contributed by atoms with E-state index in [1.807, 2.05) is 19.2 Å². The number of hydrogen-bond acceptors (Lipinski definition) is 2. The van der Waals surface area contributed by atoms with Gasteiger partial charge in [0.15, 0.2) is 0 Å². The monoisotopic (exact) mass is 297 g/mol. The van der Waals surface area contributed by atoms with E-state index in [1.165, 1.54) is 0 Å². The first kappa shape index (κ1) is 13.9. The molecule has 2 rings (SSSR count). The first-order chi connectivity index (χ1) is 9.11. The lowest BCUT2D eigenvalue weighted by Crippen LogP contribution is -2.23. The summed E-state index contributed by atoms with van der Waals surface area (Å²) in [5.74, 6) is -0.265. The van der Waals surface area contributed by atoms with Crippen LogP contribution in [0.1, 0.15) is 23.0 Å². The van der Waals surface area contributed by atoms with Gasteiger partial charge in [-0.15, -0.1) is 0 Å². The van der Waals surface area contributed by atoms with Gasteiger partial charge in [0.05, 0.1) is 27.8 Å². The van der Waals surface area contributed by atoms with Crippen molar-refractivity contribution in [1.82, 2.24) is 15.1 Å². The molecule has 1 N–H and O–H groups in total. The van der Waals surface area contributed by atoms with E-state index in [4.69, 9.17) is 23.2 Å². The second-order valence-corrected chi connectivity index (χ2v) is 4.73. The Kier molecular flexibility index (Phi) is 4.45. The average molecular weight is 298 g/mol. The van der Waals surface area contributed by atoms with Crippen molar-refractivity contribution in [3.63, 3.8) is 0 Å². The Labute approximate surface area is 121 Å². The molecule has 1 amide bonds. The highest BCUT2D eigenvalue weighted by molar-refractivity contribution is 6.43. The topological polar surface area (TPSA) is 46.9 Å². The maximum absolute atomic E-state index is 12.0. The van der Waals surface area contributed by atoms with Gasteiger partial charge in [0, 0.05) is 12.7 Å². The van der Waals surface area contributed by atoms with Crippen LogP contribution in [0.5, 0.6) is 0 Å². The minimum atomic E-state index is -0.265. The van der Waals surface area contributed by atoms with Crippen molar-refractivity contribution >= 4 is 29.1 Å². The molecule has 0 aliphatic rings. The molecule has 0 fully saturated rings. The SMILES string of the molecule is CCn1ccc(CNC(=O)c2cccc(Cl)c2Cl)n1. The molecule has 19 heavy (non-hydrogen) atoms. The quantitative estimate of drug-likeness (QED) is 0.942. The molecular weight excluding hydrogens is 285 g/mol. The lowest BCUT2D eigenvalue weighted by atomic mass is 10.2. The molecule has 0 saturated heterocycles. The Morgan fingerprint density at radius 2 is 2.16 bits per heavy atom. The molecule has 100 valence electrons. The van der Waals surface area contributed by atoms with Crippen molar-refractivity contribution < 1.29 is 4.79 Å². The summed E-state index contributed by atoms with van der Waals surface area (Å²) in [6.45, 7) is 3.16. The molecule has 4 nitrogen and oxygen atoms in total. The molecule has 0 bridgehead atoms. The van der Waals surface area contributed by atoms with Crippen LogP contribution in [0.3, 0.4) is 0 Å². The smallest absolute Gasteiger partial charge is 0.253 e. The predicted octanol–water partition coefficient (Wildman–Crippen LogP) is 3.14. The molecule has 0 atom stereocenters. The molecule has 0 saturated carbocycles. The summed E-state index contributed by atoms with van der Waals surface area (Å²) >= 11 is 11.9. The molecule has 6 heteroatoms. The second kappa shape index (κ2) is 6.08. The van der Waals surface area contributed by atoms with Gasteiger partial charge in [0.2, 0.25) is 0 Å². The summed E-state index contributed by atoms with van der Waals surface area (Å²) in [6.07, 6.45) is 1.87. The molecule has 0 radical (unpaired) electrons. The number of amides is 1. The van der Waals surface area contributed by atoms with Crippen LogP contribution >= 0.6 is 23.2 Å². The van der Waals surface area contributed by atoms with Gasteiger partial charge in [-0.1, -0.05) is 29.3 Å². The number of benzene rings is 1. The van der Waals surface area contributed by atoms with Crippen LogP contribution in [0.2, 0.25) is 10.0 Å². The number of halogens is 2. The van der Waals surface area contributed by atoms with E-state index < -0.39 is 0 Å². The first-order valence-corrected chi connectivity index (χ1v) is 6.62. The van der Waals surface area contributed by atoms with Gasteiger partial charge in [0.1, 0.15) is 0 Å². The fourth-order valence-electron chi connectivity index (χ4n) is 1.62. The van der Waals surface area contributed by atoms with Crippen LogP contribution < -0.4 is 5.32 Å². The zero-order valence-corrected chi connectivity index (χ0v) is 11.9. The fourth-order valence-corrected chi connectivity index (χ4v) is 2.01. The molecule has 1 aromatic heterocycles. The zero-order chi connectivity index (χ0) is 13.8. The van der Waals surface area contributed by atoms with E-state index >= 15 is 0 Å². The van der Waals surface area contributed by atoms with Crippen molar-refractivity contribution in [1.29, 1.82) is 0 Å². The number of carbonyl (C=O) groups excluding carboxylic acids is 1. The number of rotatable bonds is 4. The molecular formula is C13H13Cl2N3O. The van der Waals surface area contributed by atoms with Crippen LogP contribution in [-0.4, -0.2) is 15.7 Å². The van der Waals surface area contributed by atoms with Gasteiger partial charge in [-0.25, -0.2) is 0 Å². The van der Waals surface area contributed by atoms with Crippen LogP contribution in [-0.2, 0) is 13.1 Å². The maximum Gasteiger partial charge on any atom is 0.253 e. The van der Waals surface area contributed by atoms with Crippen LogP contribution in [0.25, 0.3) is 0 Å². The van der Waals surface area contributed by atoms with Crippen LogP contribution in [0.4, 0.5) is 0 Å². The van der Waals surface area contributed by atoms with Gasteiger partial charge in [-0.05, 0) is 25.1 Å². The molecule has 1 heterocycles. The van der Waals surface area contributed by atoms with E-state index in [2.05, 4.69) is 10.4 Å². The summed E-state index contributed by atoms with van der Waals surface area (Å²) in [7, 11) is 0. The third-order valence-electron chi connectivity index (χ3n) is 2.65. The summed E-state index contributed by atoms with van der Waals surface area (Å²) in [4.78, 5) is 12.0. The van der Waals surface area contributed by atoms with E-state index in [0.29, 0.717) is 17.1 Å². The Bertz CT molecular complexity index is 595. The third-order valence-corrected chi connectivity index (χ3v) is 3.47. The van der Waals surface area contributed by atoms with E-state index in [9.17, 15) is 4.79 Å². The number of hydrogen-bond donors (Lipinski definition) is 1. The minimum absolute atomic E-state index is 0.265. The van der Waals surface area contributed by atoms with E-state index in [0.717, 1.165) is 12.2 Å². The van der Waals surface area contributed by atoms with E-state index in [-0.39, 0.29) is 10.9 Å². The number of carbonyl (C=O) groups is 1. The second-order valence-electron chi connectivity index (χ2n) is 3.95. The van der Waals surface area contributed by atoms with Gasteiger partial charge < -0.3 is 5.32 Å². The molecule has 0 spiro atoms. The Balaban J connectivity index is 2.03. The lowest BCUT2D eigenvalue weighted by Gasteiger charge is -2.06. The highest BCUT2D eigenvalue weighted by atomic mass is 35.5. The van der Waals surface area contributed by atoms with Crippen LogP contribution in [0.15, 0.2) is 30.5 Å². The number of aryl methyl sites for hydroxylation is 1. The Hall–Kier alpha value is -1.52. The highest BCUT2D eigenvalue weighted by Crippen LogP contribution is 2.25. The number of aromatic nitrogens is 2. The standard InChI is InChI=1S/C13H13Cl2N3O/c1-2-18-7-6-9(17-18)8-16-13(19)10-4-3-5-11(14)12(10)15/h3-7H,2,8H2,1H3,(H,16,19). The molecule has 2 aromatic rings. The summed E-state index contributed by atoms with van der Waals surface area (Å²) in [6, 6.07) is 6.83. The normalized spacial score (nSPS) is 10.5. The van der Waals surface area contributed by atoms with Crippen LogP contribution in [0, 0.1) is 0 Å². The summed E-state index contributed by atoms with van der Waals surface area (Å²) in [5, 5.41) is 7.67. The highest BCUT2D eigenvalue weighted by Gasteiger charge is 2.12. The Morgan fingerprint density at radius 1 is 1.37 bits per heavy atom. The molecule has 0 aliphatic carbocycles. The van der Waals surface area contributed by atoms with E-state index in [1.54, 1.807) is 22.9 Å². The van der Waals surface area contributed by atoms with Crippen molar-refractivity contribution in [3.8, 4) is 0 Å². The summed E-state index contributed by atoms with van der Waals surface area (Å²) < 4.78 is 1.80. The zero-order valence-electron chi connectivity index (χ0n) is 10.4.